The van der Waals surface area contributed by atoms with Crippen molar-refractivity contribution in [2.75, 3.05) is 17.7 Å². The van der Waals surface area contributed by atoms with Crippen LogP contribution in [0.2, 0.25) is 0 Å². The topological polar surface area (TPSA) is 37.0 Å². The van der Waals surface area contributed by atoms with Gasteiger partial charge in [0, 0.05) is 13.1 Å². The molecule has 1 aromatic rings. The van der Waals surface area contributed by atoms with Gasteiger partial charge in [-0.1, -0.05) is 32.8 Å². The van der Waals surface area contributed by atoms with Gasteiger partial charge in [0.05, 0.1) is 0 Å². The average Bonchev–Trinajstić information content (AvgIpc) is 2.35. The molecule has 17 heavy (non-hydrogen) atoms. The molecular formula is C14H23N3. The van der Waals surface area contributed by atoms with Crippen molar-refractivity contribution in [3.63, 3.8) is 0 Å². The van der Waals surface area contributed by atoms with Gasteiger partial charge in [-0.3, -0.25) is 0 Å². The zero-order chi connectivity index (χ0) is 12.3. The summed E-state index contributed by atoms with van der Waals surface area (Å²) >= 11 is 0. The fourth-order valence-electron chi connectivity index (χ4n) is 2.63. The smallest absolute Gasteiger partial charge is 0.128 e. The minimum Gasteiger partial charge on any atom is -0.373 e. The van der Waals surface area contributed by atoms with Gasteiger partial charge in [-0.05, 0) is 30.4 Å². The Morgan fingerprint density at radius 1 is 1.18 bits per heavy atom. The van der Waals surface area contributed by atoms with Gasteiger partial charge in [0.1, 0.15) is 11.6 Å². The van der Waals surface area contributed by atoms with E-state index < -0.39 is 0 Å². The van der Waals surface area contributed by atoms with E-state index in [1.807, 2.05) is 25.2 Å². The van der Waals surface area contributed by atoms with E-state index in [2.05, 4.69) is 29.5 Å². The summed E-state index contributed by atoms with van der Waals surface area (Å²) in [6.45, 7) is 4.71. The third-order valence-corrected chi connectivity index (χ3v) is 4.05. The van der Waals surface area contributed by atoms with Crippen LogP contribution in [0.5, 0.6) is 0 Å². The van der Waals surface area contributed by atoms with Crippen LogP contribution < -0.4 is 10.6 Å². The van der Waals surface area contributed by atoms with Crippen LogP contribution in [-0.2, 0) is 0 Å². The summed E-state index contributed by atoms with van der Waals surface area (Å²) in [5, 5.41) is 6.66. The molecule has 1 aliphatic carbocycles. The minimum atomic E-state index is 0.568. The third kappa shape index (κ3) is 2.90. The van der Waals surface area contributed by atoms with E-state index in [1.165, 1.54) is 19.3 Å². The molecule has 0 saturated heterocycles. The van der Waals surface area contributed by atoms with Crippen molar-refractivity contribution in [1.29, 1.82) is 0 Å². The summed E-state index contributed by atoms with van der Waals surface area (Å²) in [7, 11) is 1.90. The number of aromatic nitrogens is 1. The van der Waals surface area contributed by atoms with Crippen molar-refractivity contribution in [3.8, 4) is 0 Å². The Labute approximate surface area is 104 Å². The number of nitrogens with one attached hydrogen (secondary N) is 2. The Hall–Kier alpha value is -1.25. The van der Waals surface area contributed by atoms with E-state index in [9.17, 15) is 0 Å². The largest absolute Gasteiger partial charge is 0.373 e. The first-order valence-electron chi connectivity index (χ1n) is 6.62. The molecule has 1 heterocycles. The number of pyridine rings is 1. The lowest BCUT2D eigenvalue weighted by Gasteiger charge is -2.35. The summed E-state index contributed by atoms with van der Waals surface area (Å²) in [6, 6.07) is 6.64. The molecule has 0 spiro atoms. The standard InChI is InChI=1S/C14H23N3/c1-10-6-4-7-12(11(10)2)16-14-9-5-8-13(15-3)17-14/h5,8-12H,4,6-7H2,1-3H3,(H2,15,16,17). The zero-order valence-electron chi connectivity index (χ0n) is 11.0. The van der Waals surface area contributed by atoms with Crippen LogP contribution in [0.25, 0.3) is 0 Å². The predicted octanol–water partition coefficient (Wildman–Crippen LogP) is 3.36. The number of anilines is 2. The molecule has 1 aromatic heterocycles. The van der Waals surface area contributed by atoms with Gasteiger partial charge in [0.2, 0.25) is 0 Å². The number of nitrogens with zero attached hydrogens (tertiary/aromatic N) is 1. The van der Waals surface area contributed by atoms with Gasteiger partial charge in [-0.15, -0.1) is 0 Å². The second kappa shape index (κ2) is 5.39. The molecule has 0 bridgehead atoms. The van der Waals surface area contributed by atoms with Gasteiger partial charge >= 0.3 is 0 Å². The molecule has 3 heteroatoms. The highest BCUT2D eigenvalue weighted by molar-refractivity contribution is 5.45. The summed E-state index contributed by atoms with van der Waals surface area (Å²) in [5.74, 6) is 3.45. The minimum absolute atomic E-state index is 0.568. The summed E-state index contributed by atoms with van der Waals surface area (Å²) in [4.78, 5) is 4.52. The second-order valence-corrected chi connectivity index (χ2v) is 5.18. The highest BCUT2D eigenvalue weighted by Gasteiger charge is 2.26. The predicted molar refractivity (Wildman–Crippen MR) is 73.4 cm³/mol. The molecule has 1 aliphatic rings. The van der Waals surface area contributed by atoms with Crippen molar-refractivity contribution in [2.45, 2.75) is 39.2 Å². The van der Waals surface area contributed by atoms with Gasteiger partial charge in [-0.2, -0.15) is 0 Å². The Balaban J connectivity index is 2.04. The summed E-state index contributed by atoms with van der Waals surface area (Å²) in [5.41, 5.74) is 0. The van der Waals surface area contributed by atoms with E-state index in [-0.39, 0.29) is 0 Å². The molecule has 3 nitrogen and oxygen atoms in total. The second-order valence-electron chi connectivity index (χ2n) is 5.18. The monoisotopic (exact) mass is 233 g/mol. The van der Waals surface area contributed by atoms with Crippen LogP contribution in [0.4, 0.5) is 11.6 Å². The van der Waals surface area contributed by atoms with Crippen molar-refractivity contribution >= 4 is 11.6 Å². The molecule has 0 aromatic carbocycles. The number of hydrogen-bond acceptors (Lipinski definition) is 3. The lowest BCUT2D eigenvalue weighted by atomic mass is 9.78. The Kier molecular flexibility index (Phi) is 3.87. The summed E-state index contributed by atoms with van der Waals surface area (Å²) < 4.78 is 0. The van der Waals surface area contributed by atoms with E-state index in [0.29, 0.717) is 6.04 Å². The maximum absolute atomic E-state index is 4.52. The van der Waals surface area contributed by atoms with E-state index in [0.717, 1.165) is 23.5 Å². The third-order valence-electron chi connectivity index (χ3n) is 4.05. The zero-order valence-corrected chi connectivity index (χ0v) is 11.0. The summed E-state index contributed by atoms with van der Waals surface area (Å²) in [6.07, 6.45) is 3.95. The lowest BCUT2D eigenvalue weighted by molar-refractivity contribution is 0.253. The highest BCUT2D eigenvalue weighted by Crippen LogP contribution is 2.31. The van der Waals surface area contributed by atoms with Crippen LogP contribution >= 0.6 is 0 Å². The Morgan fingerprint density at radius 2 is 1.94 bits per heavy atom. The van der Waals surface area contributed by atoms with Crippen LogP contribution in [-0.4, -0.2) is 18.1 Å². The number of hydrogen-bond donors (Lipinski definition) is 2. The first-order chi connectivity index (χ1) is 8.20. The molecule has 0 radical (unpaired) electrons. The molecule has 2 rings (SSSR count). The van der Waals surface area contributed by atoms with Crippen LogP contribution in [0, 0.1) is 11.8 Å². The molecular weight excluding hydrogens is 210 g/mol. The first kappa shape index (κ1) is 12.2. The van der Waals surface area contributed by atoms with Crippen LogP contribution in [0.15, 0.2) is 18.2 Å². The maximum Gasteiger partial charge on any atom is 0.128 e. The van der Waals surface area contributed by atoms with E-state index >= 15 is 0 Å². The molecule has 0 amide bonds. The molecule has 94 valence electrons. The van der Waals surface area contributed by atoms with Crippen molar-refractivity contribution in [2.24, 2.45) is 11.8 Å². The van der Waals surface area contributed by atoms with E-state index in [4.69, 9.17) is 0 Å². The Bertz CT molecular complexity index is 364. The van der Waals surface area contributed by atoms with Crippen LogP contribution in [0.3, 0.4) is 0 Å². The van der Waals surface area contributed by atoms with Gasteiger partial charge in [0.25, 0.3) is 0 Å². The maximum atomic E-state index is 4.52. The first-order valence-corrected chi connectivity index (χ1v) is 6.62. The molecule has 0 aliphatic heterocycles. The normalized spacial score (nSPS) is 28.8. The fraction of sp³-hybridized carbons (Fsp3) is 0.643. The lowest BCUT2D eigenvalue weighted by Crippen LogP contribution is -2.35. The van der Waals surface area contributed by atoms with Crippen molar-refractivity contribution in [1.82, 2.24) is 4.98 Å². The van der Waals surface area contributed by atoms with Gasteiger partial charge in [0.15, 0.2) is 0 Å². The quantitative estimate of drug-likeness (QED) is 0.840. The van der Waals surface area contributed by atoms with Crippen molar-refractivity contribution < 1.29 is 0 Å². The SMILES string of the molecule is CNc1cccc(NC2CCCC(C)C2C)n1. The molecule has 2 N–H and O–H groups in total. The molecule has 3 unspecified atom stereocenters. The van der Waals surface area contributed by atoms with E-state index in [1.54, 1.807) is 0 Å². The fourth-order valence-corrected chi connectivity index (χ4v) is 2.63. The molecule has 1 saturated carbocycles. The number of rotatable bonds is 3. The van der Waals surface area contributed by atoms with Gasteiger partial charge in [-0.25, -0.2) is 4.98 Å². The highest BCUT2D eigenvalue weighted by atomic mass is 15.1. The van der Waals surface area contributed by atoms with Crippen molar-refractivity contribution in [3.05, 3.63) is 18.2 Å². The van der Waals surface area contributed by atoms with Crippen LogP contribution in [0.1, 0.15) is 33.1 Å². The molecule has 1 fully saturated rings. The Morgan fingerprint density at radius 3 is 2.71 bits per heavy atom. The molecule has 3 atom stereocenters. The van der Waals surface area contributed by atoms with Gasteiger partial charge < -0.3 is 10.6 Å². The average molecular weight is 233 g/mol.